The van der Waals surface area contributed by atoms with Crippen LogP contribution in [0.4, 0.5) is 5.69 Å². The summed E-state index contributed by atoms with van der Waals surface area (Å²) in [6.07, 6.45) is 4.90. The third kappa shape index (κ3) is 7.53. The standard InChI is InChI=1S/C28H44N3O6PS/c1-8-37-38(34)22-18-20(12-10-9-11-17-39(7,35)36)13-14-21(22)29-26(30-38)23-24(32)25(28(4,5)6)31(27(23)33)16-15-19(2)3/h13-14,18-19,25,32H,8-12,15-17H2,1-7H3,(H,29,30,34)/t25-,38?/m1/s1. The molecule has 0 aromatic heterocycles. The molecule has 2 aliphatic rings. The Morgan fingerprint density at radius 1 is 1.21 bits per heavy atom. The molecule has 0 radical (unpaired) electrons. The van der Waals surface area contributed by atoms with Crippen LogP contribution in [-0.2, 0) is 30.1 Å². The molecule has 0 bridgehead atoms. The lowest BCUT2D eigenvalue weighted by molar-refractivity contribution is -0.128. The van der Waals surface area contributed by atoms with Crippen LogP contribution in [0.3, 0.4) is 0 Å². The van der Waals surface area contributed by atoms with Gasteiger partial charge < -0.3 is 19.8 Å². The smallest absolute Gasteiger partial charge is 0.348 e. The van der Waals surface area contributed by atoms with Crippen LogP contribution in [0.25, 0.3) is 0 Å². The molecule has 2 heterocycles. The van der Waals surface area contributed by atoms with Gasteiger partial charge in [-0.15, -0.1) is 0 Å². The van der Waals surface area contributed by atoms with E-state index in [4.69, 9.17) is 4.52 Å². The summed E-state index contributed by atoms with van der Waals surface area (Å²) in [5.41, 5.74) is 1.09. The fourth-order valence-corrected chi connectivity index (χ4v) is 7.61. The zero-order chi connectivity index (χ0) is 29.2. The Bertz CT molecular complexity index is 1300. The Kier molecular flexibility index (Phi) is 9.77. The van der Waals surface area contributed by atoms with E-state index in [0.29, 0.717) is 36.3 Å². The quantitative estimate of drug-likeness (QED) is 0.256. The number of hydrogen-bond donors (Lipinski definition) is 2. The summed E-state index contributed by atoms with van der Waals surface area (Å²) in [5, 5.41) is 14.9. The summed E-state index contributed by atoms with van der Waals surface area (Å²) in [7, 11) is -6.71. The average molecular weight is 582 g/mol. The number of amidine groups is 1. The van der Waals surface area contributed by atoms with Gasteiger partial charge in [0.2, 0.25) is 0 Å². The number of nitrogens with zero attached hydrogens (tertiary/aromatic N) is 2. The van der Waals surface area contributed by atoms with Crippen LogP contribution in [0.5, 0.6) is 0 Å². The lowest BCUT2D eigenvalue weighted by Gasteiger charge is -2.35. The summed E-state index contributed by atoms with van der Waals surface area (Å²) in [5.74, 6) is 0.214. The number of aliphatic hydroxyl groups excluding tert-OH is 1. The number of aliphatic hydroxyl groups is 1. The number of hydrogen-bond acceptors (Lipinski definition) is 7. The van der Waals surface area contributed by atoms with Crippen molar-refractivity contribution in [3.63, 3.8) is 0 Å². The average Bonchev–Trinajstić information content (AvgIpc) is 3.06. The fraction of sp³-hybridized carbons (Fsp3) is 0.643. The molecule has 0 spiro atoms. The van der Waals surface area contributed by atoms with Gasteiger partial charge in [0.05, 0.1) is 23.6 Å². The Morgan fingerprint density at radius 3 is 2.49 bits per heavy atom. The van der Waals surface area contributed by atoms with E-state index in [-0.39, 0.29) is 35.4 Å². The Labute approximate surface area is 233 Å². The van der Waals surface area contributed by atoms with Crippen LogP contribution in [0, 0.1) is 11.3 Å². The summed E-state index contributed by atoms with van der Waals surface area (Å²) in [6, 6.07) is 5.00. The molecule has 2 N–H and O–H groups in total. The molecule has 1 unspecified atom stereocenters. The largest absolute Gasteiger partial charge is 0.509 e. The van der Waals surface area contributed by atoms with E-state index in [1.807, 2.05) is 32.9 Å². The minimum absolute atomic E-state index is 0.0409. The van der Waals surface area contributed by atoms with Crippen molar-refractivity contribution in [1.29, 1.82) is 0 Å². The highest BCUT2D eigenvalue weighted by Gasteiger charge is 2.48. The molecule has 2 aliphatic heterocycles. The number of sulfone groups is 1. The maximum atomic E-state index is 14.1. The molecule has 0 aliphatic carbocycles. The van der Waals surface area contributed by atoms with E-state index < -0.39 is 28.8 Å². The van der Waals surface area contributed by atoms with Gasteiger partial charge in [-0.05, 0) is 61.6 Å². The number of amides is 1. The van der Waals surface area contributed by atoms with Crippen molar-refractivity contribution >= 4 is 40.1 Å². The van der Waals surface area contributed by atoms with Crippen molar-refractivity contribution in [1.82, 2.24) is 4.90 Å². The molecule has 0 fully saturated rings. The first kappa shape index (κ1) is 31.4. The molecule has 1 amide bonds. The second-order valence-corrected chi connectivity index (χ2v) is 16.3. The summed E-state index contributed by atoms with van der Waals surface area (Å²) in [6.45, 7) is 12.5. The van der Waals surface area contributed by atoms with Gasteiger partial charge in [-0.25, -0.2) is 8.42 Å². The molecule has 3 rings (SSSR count). The van der Waals surface area contributed by atoms with Crippen molar-refractivity contribution < 1.29 is 27.4 Å². The first-order chi connectivity index (χ1) is 18.1. The first-order valence-electron chi connectivity index (χ1n) is 13.7. The topological polar surface area (TPSA) is 125 Å². The normalized spacial score (nSPS) is 21.8. The van der Waals surface area contributed by atoms with Crippen molar-refractivity contribution in [2.24, 2.45) is 16.1 Å². The van der Waals surface area contributed by atoms with E-state index in [2.05, 4.69) is 23.9 Å². The van der Waals surface area contributed by atoms with Gasteiger partial charge in [-0.2, -0.15) is 4.76 Å². The number of carbonyl (C=O) groups is 1. The molecule has 0 saturated heterocycles. The molecular weight excluding hydrogens is 537 g/mol. The van der Waals surface area contributed by atoms with Crippen molar-refractivity contribution in [3.05, 3.63) is 35.1 Å². The third-order valence-corrected chi connectivity index (χ3v) is 10.0. The molecule has 218 valence electrons. The Hall–Kier alpha value is -2.16. The molecule has 1 aromatic rings. The number of benzene rings is 1. The van der Waals surface area contributed by atoms with Gasteiger partial charge in [0, 0.05) is 18.6 Å². The Morgan fingerprint density at radius 2 is 1.90 bits per heavy atom. The minimum atomic E-state index is -3.74. The van der Waals surface area contributed by atoms with Crippen molar-refractivity contribution in [2.45, 2.75) is 79.7 Å². The molecule has 9 nitrogen and oxygen atoms in total. The van der Waals surface area contributed by atoms with Gasteiger partial charge in [-0.3, -0.25) is 9.36 Å². The zero-order valence-corrected chi connectivity index (χ0v) is 26.0. The summed E-state index contributed by atoms with van der Waals surface area (Å²) in [4.78, 5) is 15.4. The molecular formula is C28H44N3O6PS. The SMILES string of the molecule is CCOP1(=O)N=C(C2=C(O)[C@H](C(C)(C)C)N(CCC(C)C)C2=O)Nc2ccc(CCCCCS(C)(=O)=O)cc21. The van der Waals surface area contributed by atoms with Crippen molar-refractivity contribution in [2.75, 3.05) is 30.5 Å². The number of nitrogens with one attached hydrogen (secondary N) is 1. The molecule has 2 atom stereocenters. The lowest BCUT2D eigenvalue weighted by Crippen LogP contribution is -2.44. The summed E-state index contributed by atoms with van der Waals surface area (Å²) < 4.78 is 47.0. The summed E-state index contributed by atoms with van der Waals surface area (Å²) >= 11 is 0. The predicted octanol–water partition coefficient (Wildman–Crippen LogP) is 5.24. The molecule has 39 heavy (non-hydrogen) atoms. The number of carbonyl (C=O) groups excluding carboxylic acids is 1. The fourth-order valence-electron chi connectivity index (χ4n) is 5.05. The highest BCUT2D eigenvalue weighted by molar-refractivity contribution is 7.90. The lowest BCUT2D eigenvalue weighted by atomic mass is 9.85. The van der Waals surface area contributed by atoms with Crippen LogP contribution in [-0.4, -0.2) is 61.4 Å². The second-order valence-electron chi connectivity index (χ2n) is 12.0. The van der Waals surface area contributed by atoms with Crippen LogP contribution < -0.4 is 10.6 Å². The van der Waals surface area contributed by atoms with Gasteiger partial charge in [-0.1, -0.05) is 47.1 Å². The van der Waals surface area contributed by atoms with E-state index >= 15 is 0 Å². The number of fused-ring (bicyclic) bond motifs is 1. The second kappa shape index (κ2) is 12.1. The van der Waals surface area contributed by atoms with E-state index in [1.54, 1.807) is 17.9 Å². The molecule has 0 saturated carbocycles. The van der Waals surface area contributed by atoms with E-state index in [9.17, 15) is 22.9 Å². The molecule has 11 heteroatoms. The molecule has 1 aromatic carbocycles. The van der Waals surface area contributed by atoms with Crippen LogP contribution in [0.15, 0.2) is 34.3 Å². The number of aryl methyl sites for hydroxylation is 1. The van der Waals surface area contributed by atoms with Crippen LogP contribution >= 0.6 is 7.52 Å². The minimum Gasteiger partial charge on any atom is -0.509 e. The number of rotatable bonds is 12. The van der Waals surface area contributed by atoms with Crippen LogP contribution in [0.1, 0.15) is 72.8 Å². The van der Waals surface area contributed by atoms with E-state index in [0.717, 1.165) is 24.8 Å². The Balaban J connectivity index is 1.92. The van der Waals surface area contributed by atoms with Gasteiger partial charge >= 0.3 is 7.52 Å². The highest BCUT2D eigenvalue weighted by atomic mass is 32.2. The third-order valence-electron chi connectivity index (χ3n) is 6.94. The maximum Gasteiger partial charge on any atom is 0.348 e. The van der Waals surface area contributed by atoms with E-state index in [1.165, 1.54) is 6.26 Å². The van der Waals surface area contributed by atoms with Gasteiger partial charge in [0.15, 0.2) is 5.84 Å². The maximum absolute atomic E-state index is 14.1. The highest BCUT2D eigenvalue weighted by Crippen LogP contribution is 2.52. The van der Waals surface area contributed by atoms with Gasteiger partial charge in [0.1, 0.15) is 21.2 Å². The van der Waals surface area contributed by atoms with Gasteiger partial charge in [0.25, 0.3) is 5.91 Å². The number of unbranched alkanes of at least 4 members (excludes halogenated alkanes) is 2. The van der Waals surface area contributed by atoms with Crippen LogP contribution in [0.2, 0.25) is 0 Å². The first-order valence-corrected chi connectivity index (χ1v) is 17.4. The predicted molar refractivity (Wildman–Crippen MR) is 158 cm³/mol. The van der Waals surface area contributed by atoms with Crippen molar-refractivity contribution in [3.8, 4) is 0 Å². The monoisotopic (exact) mass is 581 g/mol. The zero-order valence-electron chi connectivity index (χ0n) is 24.3. The number of anilines is 1.